The lowest BCUT2D eigenvalue weighted by Gasteiger charge is -2.29. The molecule has 0 aromatic heterocycles. The summed E-state index contributed by atoms with van der Waals surface area (Å²) in [5.74, 6) is -0.0388. The Kier molecular flexibility index (Phi) is 7.37. The number of thioether (sulfide) groups is 1. The first-order valence-corrected chi connectivity index (χ1v) is 11.5. The van der Waals surface area contributed by atoms with Crippen LogP contribution < -0.4 is 5.73 Å². The Morgan fingerprint density at radius 1 is 1.17 bits per heavy atom. The zero-order valence-electron chi connectivity index (χ0n) is 17.3. The van der Waals surface area contributed by atoms with Crippen LogP contribution in [0.2, 0.25) is 0 Å². The van der Waals surface area contributed by atoms with Gasteiger partial charge in [0.05, 0.1) is 6.04 Å². The fraction of sp³-hybridized carbons (Fsp3) is 0.417. The second kappa shape index (κ2) is 9.97. The minimum Gasteiger partial charge on any atom is -0.399 e. The van der Waals surface area contributed by atoms with Crippen molar-refractivity contribution in [1.82, 2.24) is 4.90 Å². The molecule has 1 heterocycles. The second-order valence-corrected chi connectivity index (χ2v) is 8.67. The van der Waals surface area contributed by atoms with Crippen molar-refractivity contribution in [2.45, 2.75) is 50.0 Å². The number of anilines is 1. The maximum atomic E-state index is 13.1. The molecule has 1 aliphatic heterocycles. The highest BCUT2D eigenvalue weighted by atomic mass is 32.2. The molecule has 0 bridgehead atoms. The van der Waals surface area contributed by atoms with E-state index in [0.29, 0.717) is 19.3 Å². The van der Waals surface area contributed by atoms with Crippen LogP contribution in [0.25, 0.3) is 0 Å². The molecule has 2 N–H and O–H groups in total. The maximum Gasteiger partial charge on any atom is 0.226 e. The molecule has 2 aromatic rings. The van der Waals surface area contributed by atoms with E-state index < -0.39 is 0 Å². The Hall–Kier alpha value is -2.27. The van der Waals surface area contributed by atoms with Crippen molar-refractivity contribution in [3.8, 4) is 0 Å². The summed E-state index contributed by atoms with van der Waals surface area (Å²) < 4.78 is 0. The third-order valence-corrected chi connectivity index (χ3v) is 6.47. The summed E-state index contributed by atoms with van der Waals surface area (Å²) >= 11 is 1.72. The highest BCUT2D eigenvalue weighted by Crippen LogP contribution is 2.37. The largest absolute Gasteiger partial charge is 0.399 e. The molecule has 2 aromatic carbocycles. The van der Waals surface area contributed by atoms with Crippen LogP contribution in [-0.4, -0.2) is 29.4 Å². The average molecular weight is 411 g/mol. The molecule has 1 fully saturated rings. The fourth-order valence-electron chi connectivity index (χ4n) is 4.08. The van der Waals surface area contributed by atoms with E-state index in [2.05, 4.69) is 18.4 Å². The number of nitrogen functional groups attached to an aromatic ring is 1. The predicted octanol–water partition coefficient (Wildman–Crippen LogP) is 4.88. The Morgan fingerprint density at radius 2 is 1.90 bits per heavy atom. The first kappa shape index (κ1) is 21.4. The van der Waals surface area contributed by atoms with Crippen molar-refractivity contribution in [2.75, 3.05) is 18.5 Å². The smallest absolute Gasteiger partial charge is 0.226 e. The van der Waals surface area contributed by atoms with Gasteiger partial charge in [-0.15, -0.1) is 11.8 Å². The minimum atomic E-state index is -0.282. The van der Waals surface area contributed by atoms with E-state index in [9.17, 15) is 9.59 Å². The van der Waals surface area contributed by atoms with Crippen LogP contribution in [0.5, 0.6) is 0 Å². The van der Waals surface area contributed by atoms with Gasteiger partial charge >= 0.3 is 0 Å². The van der Waals surface area contributed by atoms with Gasteiger partial charge in [-0.3, -0.25) is 9.59 Å². The minimum absolute atomic E-state index is 0.101. The van der Waals surface area contributed by atoms with Crippen LogP contribution in [0.1, 0.15) is 49.8 Å². The molecule has 1 saturated heterocycles. The molecule has 4 nitrogen and oxygen atoms in total. The lowest BCUT2D eigenvalue weighted by atomic mass is 9.97. The zero-order chi connectivity index (χ0) is 20.8. The number of nitrogens with two attached hydrogens (primary N) is 1. The average Bonchev–Trinajstić information content (AvgIpc) is 3.22. The van der Waals surface area contributed by atoms with E-state index in [0.717, 1.165) is 30.6 Å². The van der Waals surface area contributed by atoms with Crippen molar-refractivity contribution < 1.29 is 9.59 Å². The molecule has 1 aliphatic rings. The van der Waals surface area contributed by atoms with Gasteiger partial charge in [-0.25, -0.2) is 0 Å². The van der Waals surface area contributed by atoms with E-state index >= 15 is 0 Å². The molecular formula is C24H30N2O2S. The van der Waals surface area contributed by atoms with Crippen LogP contribution in [0, 0.1) is 5.92 Å². The van der Waals surface area contributed by atoms with Gasteiger partial charge in [0, 0.05) is 35.9 Å². The molecule has 0 radical (unpaired) electrons. The van der Waals surface area contributed by atoms with E-state index in [1.807, 2.05) is 48.2 Å². The molecule has 0 spiro atoms. The van der Waals surface area contributed by atoms with Crippen LogP contribution in [-0.2, 0) is 16.0 Å². The predicted molar refractivity (Wildman–Crippen MR) is 120 cm³/mol. The highest BCUT2D eigenvalue weighted by molar-refractivity contribution is 7.98. The van der Waals surface area contributed by atoms with Gasteiger partial charge in [-0.1, -0.05) is 37.3 Å². The lowest BCUT2D eigenvalue weighted by Crippen LogP contribution is -2.35. The van der Waals surface area contributed by atoms with Crippen LogP contribution >= 0.6 is 11.8 Å². The number of amides is 1. The topological polar surface area (TPSA) is 63.4 Å². The first-order chi connectivity index (χ1) is 14.0. The number of carbonyl (C=O) groups is 2. The van der Waals surface area contributed by atoms with E-state index in [4.69, 9.17) is 5.73 Å². The molecule has 1 amide bonds. The van der Waals surface area contributed by atoms with Crippen LogP contribution in [0.3, 0.4) is 0 Å². The number of benzene rings is 2. The van der Waals surface area contributed by atoms with Crippen molar-refractivity contribution >= 4 is 29.1 Å². The molecule has 0 aliphatic carbocycles. The number of carbonyl (C=O) groups excluding carboxylic acids is 2. The van der Waals surface area contributed by atoms with E-state index in [1.54, 1.807) is 11.8 Å². The summed E-state index contributed by atoms with van der Waals surface area (Å²) in [5, 5.41) is 0. The summed E-state index contributed by atoms with van der Waals surface area (Å²) in [7, 11) is 0. The third-order valence-electron chi connectivity index (χ3n) is 5.66. The van der Waals surface area contributed by atoms with E-state index in [-0.39, 0.29) is 23.7 Å². The number of Topliss-reactive ketones (excluding diaryl/α,β-unsaturated/α-hetero) is 1. The molecule has 0 saturated carbocycles. The number of aryl methyl sites for hydroxylation is 1. The third kappa shape index (κ3) is 5.41. The Balaban J connectivity index is 1.58. The van der Waals surface area contributed by atoms with Gasteiger partial charge in [-0.05, 0) is 54.8 Å². The number of likely N-dealkylation sites (tertiary alicyclic amines) is 1. The highest BCUT2D eigenvalue weighted by Gasteiger charge is 2.33. The van der Waals surface area contributed by atoms with Crippen LogP contribution in [0.15, 0.2) is 53.4 Å². The monoisotopic (exact) mass is 410 g/mol. The van der Waals surface area contributed by atoms with Gasteiger partial charge in [0.25, 0.3) is 0 Å². The lowest BCUT2D eigenvalue weighted by molar-refractivity contribution is -0.138. The van der Waals surface area contributed by atoms with Gasteiger partial charge in [0.15, 0.2) is 0 Å². The summed E-state index contributed by atoms with van der Waals surface area (Å²) in [6.45, 7) is 2.66. The Bertz CT molecular complexity index is 850. The molecule has 29 heavy (non-hydrogen) atoms. The Morgan fingerprint density at radius 3 is 2.62 bits per heavy atom. The van der Waals surface area contributed by atoms with Crippen LogP contribution in [0.4, 0.5) is 5.69 Å². The van der Waals surface area contributed by atoms with E-state index in [1.165, 1.54) is 10.5 Å². The number of rotatable bonds is 8. The van der Waals surface area contributed by atoms with Gasteiger partial charge in [0.2, 0.25) is 5.91 Å². The number of ketones is 1. The van der Waals surface area contributed by atoms with Gasteiger partial charge < -0.3 is 10.6 Å². The first-order valence-electron chi connectivity index (χ1n) is 10.3. The summed E-state index contributed by atoms with van der Waals surface area (Å²) in [6.07, 6.45) is 5.52. The SMILES string of the molecule is CSc1ccccc1C1CCCN1C(=O)C(C)CC(=O)CCc1ccc(N)cc1. The number of hydrogen-bond donors (Lipinski definition) is 1. The van der Waals surface area contributed by atoms with Crippen molar-refractivity contribution in [3.63, 3.8) is 0 Å². The quantitative estimate of drug-likeness (QED) is 0.497. The van der Waals surface area contributed by atoms with Gasteiger partial charge in [0.1, 0.15) is 5.78 Å². The molecule has 5 heteroatoms. The molecule has 154 valence electrons. The molecule has 2 atom stereocenters. The van der Waals surface area contributed by atoms with Crippen molar-refractivity contribution in [2.24, 2.45) is 5.92 Å². The second-order valence-electron chi connectivity index (χ2n) is 7.82. The number of hydrogen-bond acceptors (Lipinski definition) is 4. The van der Waals surface area contributed by atoms with Crippen molar-refractivity contribution in [3.05, 3.63) is 59.7 Å². The Labute approximate surface area is 177 Å². The molecule has 3 rings (SSSR count). The maximum absolute atomic E-state index is 13.1. The standard InChI is InChI=1S/C24H30N2O2S/c1-17(16-20(27)14-11-18-9-12-19(25)13-10-18)24(28)26-15-5-7-22(26)21-6-3-4-8-23(21)29-2/h3-4,6,8-10,12-13,17,22H,5,7,11,14-16,25H2,1-2H3. The summed E-state index contributed by atoms with van der Waals surface area (Å²) in [6, 6.07) is 16.1. The van der Waals surface area contributed by atoms with Gasteiger partial charge in [-0.2, -0.15) is 0 Å². The summed E-state index contributed by atoms with van der Waals surface area (Å²) in [4.78, 5) is 28.8. The van der Waals surface area contributed by atoms with Crippen molar-refractivity contribution in [1.29, 1.82) is 0 Å². The molecule has 2 unspecified atom stereocenters. The normalized spacial score (nSPS) is 17.3. The summed E-state index contributed by atoms with van der Waals surface area (Å²) in [5.41, 5.74) is 8.75. The number of nitrogens with zero attached hydrogens (tertiary/aromatic N) is 1. The fourth-order valence-corrected chi connectivity index (χ4v) is 4.73. The zero-order valence-corrected chi connectivity index (χ0v) is 18.1. The molecular weight excluding hydrogens is 380 g/mol.